The predicted molar refractivity (Wildman–Crippen MR) is 73.9 cm³/mol. The van der Waals surface area contributed by atoms with Crippen LogP contribution in [0.4, 0.5) is 0 Å². The third-order valence-electron chi connectivity index (χ3n) is 2.63. The van der Waals surface area contributed by atoms with Gasteiger partial charge in [-0.05, 0) is 30.7 Å². The van der Waals surface area contributed by atoms with Crippen LogP contribution >= 0.6 is 15.9 Å². The molecule has 0 saturated carbocycles. The predicted octanol–water partition coefficient (Wildman–Crippen LogP) is 2.80. The lowest BCUT2D eigenvalue weighted by atomic mass is 10.1. The first-order valence-corrected chi connectivity index (χ1v) is 6.31. The van der Waals surface area contributed by atoms with Crippen LogP contribution in [-0.2, 0) is 6.54 Å². The Morgan fingerprint density at radius 3 is 2.50 bits per heavy atom. The third kappa shape index (κ3) is 2.96. The van der Waals surface area contributed by atoms with E-state index in [1.807, 2.05) is 25.1 Å². The summed E-state index contributed by atoms with van der Waals surface area (Å²) in [5, 5.41) is 0. The van der Waals surface area contributed by atoms with Crippen LogP contribution in [0.5, 0.6) is 0 Å². The minimum atomic E-state index is -0.152. The van der Waals surface area contributed by atoms with Gasteiger partial charge < -0.3 is 4.57 Å². The fraction of sp³-hybridized carbons (Fsp3) is 0.143. The average Bonchev–Trinajstić information content (AvgIpc) is 2.33. The monoisotopic (exact) mass is 305 g/mol. The van der Waals surface area contributed by atoms with Crippen LogP contribution in [0.1, 0.15) is 15.9 Å². The molecule has 3 nitrogen and oxygen atoms in total. The number of carbonyl (C=O) groups excluding carboxylic acids is 1. The first-order chi connectivity index (χ1) is 8.56. The molecule has 2 aromatic rings. The molecule has 0 saturated heterocycles. The highest BCUT2D eigenvalue weighted by molar-refractivity contribution is 9.10. The molecule has 1 aromatic carbocycles. The van der Waals surface area contributed by atoms with E-state index in [4.69, 9.17) is 0 Å². The number of aryl methyl sites for hydroxylation is 1. The number of ketones is 1. The molecule has 18 heavy (non-hydrogen) atoms. The standard InChI is InChI=1S/C14H12BrNO2/c1-10-6-7-16(14(18)8-10)9-13(17)11-2-4-12(15)5-3-11/h2-8H,9H2,1H3. The van der Waals surface area contributed by atoms with Gasteiger partial charge in [-0.3, -0.25) is 9.59 Å². The number of pyridine rings is 1. The van der Waals surface area contributed by atoms with Crippen molar-refractivity contribution in [2.24, 2.45) is 0 Å². The zero-order chi connectivity index (χ0) is 13.1. The molecule has 0 N–H and O–H groups in total. The Balaban J connectivity index is 2.21. The molecule has 92 valence electrons. The van der Waals surface area contributed by atoms with Crippen molar-refractivity contribution in [2.45, 2.75) is 13.5 Å². The lowest BCUT2D eigenvalue weighted by Gasteiger charge is -2.05. The van der Waals surface area contributed by atoms with Crippen LogP contribution in [0.25, 0.3) is 0 Å². The smallest absolute Gasteiger partial charge is 0.251 e. The lowest BCUT2D eigenvalue weighted by molar-refractivity contribution is 0.0971. The fourth-order valence-corrected chi connectivity index (χ4v) is 1.88. The second-order valence-corrected chi connectivity index (χ2v) is 5.02. The molecule has 0 bridgehead atoms. The summed E-state index contributed by atoms with van der Waals surface area (Å²) < 4.78 is 2.34. The number of Topliss-reactive ketones (excluding diaryl/α,β-unsaturated/α-hetero) is 1. The highest BCUT2D eigenvalue weighted by Crippen LogP contribution is 2.11. The maximum atomic E-state index is 12.0. The number of hydrogen-bond donors (Lipinski definition) is 0. The maximum absolute atomic E-state index is 12.0. The first kappa shape index (κ1) is 12.8. The first-order valence-electron chi connectivity index (χ1n) is 5.52. The largest absolute Gasteiger partial charge is 0.308 e. The zero-order valence-electron chi connectivity index (χ0n) is 9.89. The quantitative estimate of drug-likeness (QED) is 0.818. The van der Waals surface area contributed by atoms with Crippen molar-refractivity contribution < 1.29 is 4.79 Å². The van der Waals surface area contributed by atoms with E-state index in [2.05, 4.69) is 15.9 Å². The van der Waals surface area contributed by atoms with E-state index < -0.39 is 0 Å². The molecule has 0 spiro atoms. The normalized spacial score (nSPS) is 10.3. The van der Waals surface area contributed by atoms with Crippen LogP contribution < -0.4 is 5.56 Å². The van der Waals surface area contributed by atoms with Gasteiger partial charge in [0.15, 0.2) is 5.78 Å². The van der Waals surface area contributed by atoms with Crippen molar-refractivity contribution in [3.63, 3.8) is 0 Å². The van der Waals surface area contributed by atoms with E-state index in [0.29, 0.717) is 5.56 Å². The summed E-state index contributed by atoms with van der Waals surface area (Å²) in [5.41, 5.74) is 1.35. The molecule has 0 aliphatic rings. The van der Waals surface area contributed by atoms with Crippen molar-refractivity contribution >= 4 is 21.7 Å². The highest BCUT2D eigenvalue weighted by atomic mass is 79.9. The van der Waals surface area contributed by atoms with Crippen LogP contribution in [0.3, 0.4) is 0 Å². The average molecular weight is 306 g/mol. The molecular formula is C14H12BrNO2. The molecule has 1 aromatic heterocycles. The summed E-state index contributed by atoms with van der Waals surface area (Å²) in [6.45, 7) is 1.92. The van der Waals surface area contributed by atoms with Crippen molar-refractivity contribution in [2.75, 3.05) is 0 Å². The van der Waals surface area contributed by atoms with Gasteiger partial charge in [-0.2, -0.15) is 0 Å². The SMILES string of the molecule is Cc1ccn(CC(=O)c2ccc(Br)cc2)c(=O)c1. The summed E-state index contributed by atoms with van der Waals surface area (Å²) in [7, 11) is 0. The number of nitrogens with zero attached hydrogens (tertiary/aromatic N) is 1. The minimum absolute atomic E-state index is 0.0702. The molecule has 0 aliphatic heterocycles. The number of hydrogen-bond acceptors (Lipinski definition) is 2. The van der Waals surface area contributed by atoms with Gasteiger partial charge in [-0.15, -0.1) is 0 Å². The van der Waals surface area contributed by atoms with E-state index >= 15 is 0 Å². The topological polar surface area (TPSA) is 39.1 Å². The zero-order valence-corrected chi connectivity index (χ0v) is 11.5. The van der Waals surface area contributed by atoms with Gasteiger partial charge in [0.2, 0.25) is 0 Å². The molecule has 1 heterocycles. The van der Waals surface area contributed by atoms with Gasteiger partial charge in [-0.25, -0.2) is 0 Å². The molecular weight excluding hydrogens is 294 g/mol. The summed E-state index contributed by atoms with van der Waals surface area (Å²) in [4.78, 5) is 23.7. The van der Waals surface area contributed by atoms with Crippen LogP contribution in [0.2, 0.25) is 0 Å². The Bertz CT molecular complexity index is 629. The van der Waals surface area contributed by atoms with Gasteiger partial charge in [0.05, 0.1) is 6.54 Å². The second-order valence-electron chi connectivity index (χ2n) is 4.10. The highest BCUT2D eigenvalue weighted by Gasteiger charge is 2.07. The van der Waals surface area contributed by atoms with Gasteiger partial charge in [0.25, 0.3) is 5.56 Å². The molecule has 4 heteroatoms. The van der Waals surface area contributed by atoms with Crippen LogP contribution in [-0.4, -0.2) is 10.4 Å². The Kier molecular flexibility index (Phi) is 3.77. The van der Waals surface area contributed by atoms with Crippen LogP contribution in [0.15, 0.2) is 51.9 Å². The Morgan fingerprint density at radius 2 is 1.89 bits per heavy atom. The van der Waals surface area contributed by atoms with Gasteiger partial charge >= 0.3 is 0 Å². The number of benzene rings is 1. The molecule has 2 rings (SSSR count). The Labute approximate surface area is 113 Å². The van der Waals surface area contributed by atoms with Gasteiger partial charge in [0, 0.05) is 22.3 Å². The van der Waals surface area contributed by atoms with E-state index in [1.165, 1.54) is 10.6 Å². The lowest BCUT2D eigenvalue weighted by Crippen LogP contribution is -2.23. The molecule has 0 radical (unpaired) electrons. The number of aromatic nitrogens is 1. The van der Waals surface area contributed by atoms with E-state index in [1.54, 1.807) is 18.3 Å². The molecule has 0 atom stereocenters. The summed E-state index contributed by atoms with van der Waals surface area (Å²) >= 11 is 3.31. The molecule has 0 amide bonds. The van der Waals surface area contributed by atoms with E-state index in [0.717, 1.165) is 10.0 Å². The van der Waals surface area contributed by atoms with Crippen molar-refractivity contribution in [1.82, 2.24) is 4.57 Å². The third-order valence-corrected chi connectivity index (χ3v) is 3.16. The minimum Gasteiger partial charge on any atom is -0.308 e. The summed E-state index contributed by atoms with van der Waals surface area (Å²) in [5.74, 6) is -0.0755. The number of rotatable bonds is 3. The van der Waals surface area contributed by atoms with Crippen molar-refractivity contribution in [3.05, 3.63) is 68.5 Å². The molecule has 0 aliphatic carbocycles. The summed E-state index contributed by atoms with van der Waals surface area (Å²) in [6.07, 6.45) is 1.65. The van der Waals surface area contributed by atoms with Crippen molar-refractivity contribution in [1.29, 1.82) is 0 Å². The second kappa shape index (κ2) is 5.31. The van der Waals surface area contributed by atoms with Crippen molar-refractivity contribution in [3.8, 4) is 0 Å². The fourth-order valence-electron chi connectivity index (χ4n) is 1.62. The van der Waals surface area contributed by atoms with Gasteiger partial charge in [-0.1, -0.05) is 28.1 Å². The number of halogens is 1. The molecule has 0 unspecified atom stereocenters. The Hall–Kier alpha value is -1.68. The van der Waals surface area contributed by atoms with E-state index in [9.17, 15) is 9.59 Å². The van der Waals surface area contributed by atoms with Gasteiger partial charge in [0.1, 0.15) is 0 Å². The summed E-state index contributed by atoms with van der Waals surface area (Å²) in [6, 6.07) is 10.4. The Morgan fingerprint density at radius 1 is 1.22 bits per heavy atom. The number of carbonyl (C=O) groups is 1. The van der Waals surface area contributed by atoms with E-state index in [-0.39, 0.29) is 17.9 Å². The molecule has 0 fully saturated rings. The maximum Gasteiger partial charge on any atom is 0.251 e. The van der Waals surface area contributed by atoms with Crippen LogP contribution in [0, 0.1) is 6.92 Å².